The van der Waals surface area contributed by atoms with Gasteiger partial charge in [0.25, 0.3) is 5.56 Å². The molecular weight excluding hydrogens is 256 g/mol. The number of phenols is 1. The molecule has 0 saturated heterocycles. The number of aromatic nitrogens is 4. The quantitative estimate of drug-likeness (QED) is 0.670. The van der Waals surface area contributed by atoms with Gasteiger partial charge >= 0.3 is 0 Å². The number of phenolic OH excluding ortho intramolecular Hbond substituents is 1. The number of rotatable bonds is 4. The van der Waals surface area contributed by atoms with Gasteiger partial charge in [0.15, 0.2) is 11.2 Å². The Morgan fingerprint density at radius 1 is 1.15 bits per heavy atom. The van der Waals surface area contributed by atoms with Crippen molar-refractivity contribution in [3.8, 4) is 5.75 Å². The molecule has 0 aliphatic rings. The number of fused-ring (bicyclic) bond motifs is 1. The largest absolute Gasteiger partial charge is 0.508 e. The van der Waals surface area contributed by atoms with Gasteiger partial charge in [0, 0.05) is 6.42 Å². The molecule has 0 spiro atoms. The standard InChI is InChI=1S/C14H14N4O2/c19-10-6-4-9(5-7-10)2-1-3-11-17-12-13(18-11)15-8-16-14(12)20/h4-8,19H,1-3H2,(H2,15,16,17,18,20). The van der Waals surface area contributed by atoms with E-state index in [2.05, 4.69) is 19.9 Å². The van der Waals surface area contributed by atoms with Crippen LogP contribution in [0.3, 0.4) is 0 Å². The molecule has 0 amide bonds. The summed E-state index contributed by atoms with van der Waals surface area (Å²) in [6, 6.07) is 7.17. The predicted molar refractivity (Wildman–Crippen MR) is 74.6 cm³/mol. The van der Waals surface area contributed by atoms with Gasteiger partial charge in [0.05, 0.1) is 6.33 Å². The molecule has 3 N–H and O–H groups in total. The van der Waals surface area contributed by atoms with E-state index in [1.165, 1.54) is 6.33 Å². The average Bonchev–Trinajstić information content (AvgIpc) is 2.85. The fraction of sp³-hybridized carbons (Fsp3) is 0.214. The Bertz CT molecular complexity index is 774. The Hall–Kier alpha value is -2.63. The molecule has 0 radical (unpaired) electrons. The summed E-state index contributed by atoms with van der Waals surface area (Å²) in [5.74, 6) is 1.04. The highest BCUT2D eigenvalue weighted by molar-refractivity contribution is 5.68. The maximum Gasteiger partial charge on any atom is 0.276 e. The third kappa shape index (κ3) is 2.54. The van der Waals surface area contributed by atoms with Crippen LogP contribution in [0.15, 0.2) is 35.4 Å². The third-order valence-corrected chi connectivity index (χ3v) is 3.16. The fourth-order valence-electron chi connectivity index (χ4n) is 2.13. The molecule has 1 aromatic carbocycles. The van der Waals surface area contributed by atoms with Gasteiger partial charge in [0.1, 0.15) is 11.6 Å². The summed E-state index contributed by atoms with van der Waals surface area (Å²) in [6.45, 7) is 0. The van der Waals surface area contributed by atoms with E-state index in [1.54, 1.807) is 12.1 Å². The van der Waals surface area contributed by atoms with Crippen molar-refractivity contribution in [2.24, 2.45) is 0 Å². The van der Waals surface area contributed by atoms with Crippen molar-refractivity contribution < 1.29 is 5.11 Å². The van der Waals surface area contributed by atoms with Crippen LogP contribution in [0.5, 0.6) is 5.75 Å². The molecule has 102 valence electrons. The molecule has 0 unspecified atom stereocenters. The smallest absolute Gasteiger partial charge is 0.276 e. The molecule has 3 rings (SSSR count). The van der Waals surface area contributed by atoms with Crippen LogP contribution in [0, 0.1) is 0 Å². The van der Waals surface area contributed by atoms with Crippen molar-refractivity contribution in [2.75, 3.05) is 0 Å². The van der Waals surface area contributed by atoms with Crippen molar-refractivity contribution in [3.05, 3.63) is 52.3 Å². The van der Waals surface area contributed by atoms with Gasteiger partial charge in [-0.1, -0.05) is 12.1 Å². The van der Waals surface area contributed by atoms with E-state index in [1.807, 2.05) is 12.1 Å². The summed E-state index contributed by atoms with van der Waals surface area (Å²) in [5, 5.41) is 9.21. The van der Waals surface area contributed by atoms with Gasteiger partial charge in [-0.2, -0.15) is 0 Å². The first kappa shape index (κ1) is 12.4. The van der Waals surface area contributed by atoms with Crippen LogP contribution < -0.4 is 5.56 Å². The molecule has 20 heavy (non-hydrogen) atoms. The number of hydrogen-bond donors (Lipinski definition) is 3. The van der Waals surface area contributed by atoms with Gasteiger partial charge in [-0.15, -0.1) is 0 Å². The second-order valence-electron chi connectivity index (χ2n) is 4.63. The SMILES string of the molecule is O=c1[nH]cnc2nc(CCCc3ccc(O)cc3)[nH]c12. The molecule has 2 heterocycles. The zero-order valence-electron chi connectivity index (χ0n) is 10.8. The first-order valence-corrected chi connectivity index (χ1v) is 6.42. The van der Waals surface area contributed by atoms with E-state index in [9.17, 15) is 9.90 Å². The van der Waals surface area contributed by atoms with Gasteiger partial charge in [0.2, 0.25) is 0 Å². The van der Waals surface area contributed by atoms with Gasteiger partial charge < -0.3 is 15.1 Å². The van der Waals surface area contributed by atoms with E-state index in [0.29, 0.717) is 11.2 Å². The molecule has 0 aliphatic heterocycles. The highest BCUT2D eigenvalue weighted by Crippen LogP contribution is 2.12. The van der Waals surface area contributed by atoms with Gasteiger partial charge in [-0.05, 0) is 30.5 Å². The molecule has 0 atom stereocenters. The number of nitrogens with one attached hydrogen (secondary N) is 2. The van der Waals surface area contributed by atoms with Crippen molar-refractivity contribution >= 4 is 11.2 Å². The van der Waals surface area contributed by atoms with Crippen LogP contribution in [-0.4, -0.2) is 25.0 Å². The Morgan fingerprint density at radius 3 is 2.70 bits per heavy atom. The van der Waals surface area contributed by atoms with Crippen molar-refractivity contribution in [3.63, 3.8) is 0 Å². The van der Waals surface area contributed by atoms with E-state index in [0.717, 1.165) is 30.7 Å². The molecule has 0 saturated carbocycles. The number of nitrogens with zero attached hydrogens (tertiary/aromatic N) is 2. The van der Waals surface area contributed by atoms with Crippen LogP contribution in [0.4, 0.5) is 0 Å². The zero-order chi connectivity index (χ0) is 13.9. The van der Waals surface area contributed by atoms with Gasteiger partial charge in [-0.25, -0.2) is 9.97 Å². The lowest BCUT2D eigenvalue weighted by atomic mass is 10.1. The zero-order valence-corrected chi connectivity index (χ0v) is 10.8. The van der Waals surface area contributed by atoms with Gasteiger partial charge in [-0.3, -0.25) is 4.79 Å². The number of aromatic hydroxyl groups is 1. The maximum absolute atomic E-state index is 11.5. The predicted octanol–water partition coefficient (Wildman–Crippen LogP) is 1.53. The van der Waals surface area contributed by atoms with Crippen molar-refractivity contribution in [1.29, 1.82) is 0 Å². The van der Waals surface area contributed by atoms with E-state index >= 15 is 0 Å². The van der Waals surface area contributed by atoms with Crippen LogP contribution in [-0.2, 0) is 12.8 Å². The number of hydrogen-bond acceptors (Lipinski definition) is 4. The summed E-state index contributed by atoms with van der Waals surface area (Å²) in [7, 11) is 0. The lowest BCUT2D eigenvalue weighted by Gasteiger charge is -2.00. The fourth-order valence-corrected chi connectivity index (χ4v) is 2.13. The Balaban J connectivity index is 1.66. The monoisotopic (exact) mass is 270 g/mol. The summed E-state index contributed by atoms with van der Waals surface area (Å²) in [5.41, 5.74) is 1.84. The molecule has 0 aliphatic carbocycles. The lowest BCUT2D eigenvalue weighted by molar-refractivity contribution is 0.475. The average molecular weight is 270 g/mol. The minimum atomic E-state index is -0.202. The van der Waals surface area contributed by atoms with E-state index < -0.39 is 0 Å². The number of H-pyrrole nitrogens is 2. The molecule has 6 heteroatoms. The summed E-state index contributed by atoms with van der Waals surface area (Å²) < 4.78 is 0. The second-order valence-corrected chi connectivity index (χ2v) is 4.63. The molecule has 2 aromatic heterocycles. The van der Waals surface area contributed by atoms with Crippen LogP contribution in [0.1, 0.15) is 17.8 Å². The van der Waals surface area contributed by atoms with Crippen LogP contribution in [0.2, 0.25) is 0 Å². The second kappa shape index (κ2) is 5.16. The lowest BCUT2D eigenvalue weighted by Crippen LogP contribution is -2.05. The number of aromatic amines is 2. The van der Waals surface area contributed by atoms with Crippen LogP contribution in [0.25, 0.3) is 11.2 Å². The first-order valence-electron chi connectivity index (χ1n) is 6.42. The van der Waals surface area contributed by atoms with E-state index in [-0.39, 0.29) is 11.3 Å². The van der Waals surface area contributed by atoms with Crippen molar-refractivity contribution in [2.45, 2.75) is 19.3 Å². The van der Waals surface area contributed by atoms with Crippen molar-refractivity contribution in [1.82, 2.24) is 19.9 Å². The minimum Gasteiger partial charge on any atom is -0.508 e. The molecule has 6 nitrogen and oxygen atoms in total. The highest BCUT2D eigenvalue weighted by atomic mass is 16.3. The molecule has 0 fully saturated rings. The summed E-state index contributed by atoms with van der Waals surface area (Å²) >= 11 is 0. The Kier molecular flexibility index (Phi) is 3.20. The number of benzene rings is 1. The normalized spacial score (nSPS) is 11.0. The third-order valence-electron chi connectivity index (χ3n) is 3.16. The minimum absolute atomic E-state index is 0.202. The van der Waals surface area contributed by atoms with Crippen LogP contribution >= 0.6 is 0 Å². The van der Waals surface area contributed by atoms with E-state index in [4.69, 9.17) is 0 Å². The Labute approximate surface area is 114 Å². The highest BCUT2D eigenvalue weighted by Gasteiger charge is 2.06. The summed E-state index contributed by atoms with van der Waals surface area (Å²) in [4.78, 5) is 25.3. The maximum atomic E-state index is 11.5. The Morgan fingerprint density at radius 2 is 1.95 bits per heavy atom. The molecule has 3 aromatic rings. The summed E-state index contributed by atoms with van der Waals surface area (Å²) in [6.07, 6.45) is 3.89. The molecular formula is C14H14N4O2. The molecule has 0 bridgehead atoms. The topological polar surface area (TPSA) is 94.7 Å². The first-order chi connectivity index (χ1) is 9.72. The number of imidazole rings is 1. The number of aryl methyl sites for hydroxylation is 2.